The Labute approximate surface area is 112 Å². The molecule has 0 spiro atoms. The van der Waals surface area contributed by atoms with E-state index in [0.29, 0.717) is 10.1 Å². The first kappa shape index (κ1) is 12.7. The molecule has 2 aromatic rings. The molecule has 0 unspecified atom stereocenters. The van der Waals surface area contributed by atoms with Gasteiger partial charge in [-0.25, -0.2) is 9.78 Å². The SMILES string of the molecule is CNc1cn(C)c2nc(C(=O)OC)c(N)c(Br)c12. The smallest absolute Gasteiger partial charge is 0.358 e. The molecular weight excluding hydrogens is 300 g/mol. The number of fused-ring (bicyclic) bond motifs is 1. The van der Waals surface area contributed by atoms with E-state index >= 15 is 0 Å². The number of carbonyl (C=O) groups is 1. The van der Waals surface area contributed by atoms with Crippen LogP contribution in [0.15, 0.2) is 10.7 Å². The van der Waals surface area contributed by atoms with E-state index in [2.05, 4.69) is 31.0 Å². The van der Waals surface area contributed by atoms with Gasteiger partial charge in [-0.1, -0.05) is 0 Å². The Bertz CT molecular complexity index is 636. The zero-order valence-corrected chi connectivity index (χ0v) is 11.8. The number of halogens is 1. The molecule has 0 aliphatic carbocycles. The van der Waals surface area contributed by atoms with Crippen LogP contribution in [0.5, 0.6) is 0 Å². The normalized spacial score (nSPS) is 10.7. The molecule has 0 aromatic carbocycles. The van der Waals surface area contributed by atoms with Crippen LogP contribution in [-0.2, 0) is 11.8 Å². The number of aryl methyl sites for hydroxylation is 1. The van der Waals surface area contributed by atoms with Crippen LogP contribution < -0.4 is 11.1 Å². The van der Waals surface area contributed by atoms with Gasteiger partial charge < -0.3 is 20.4 Å². The van der Waals surface area contributed by atoms with Crippen LogP contribution in [0.25, 0.3) is 11.0 Å². The molecule has 0 radical (unpaired) electrons. The third kappa shape index (κ3) is 1.71. The molecule has 2 aromatic heterocycles. The quantitative estimate of drug-likeness (QED) is 0.825. The molecule has 0 amide bonds. The van der Waals surface area contributed by atoms with Gasteiger partial charge in [0.05, 0.1) is 28.3 Å². The van der Waals surface area contributed by atoms with Crippen molar-refractivity contribution in [3.63, 3.8) is 0 Å². The molecule has 2 rings (SSSR count). The van der Waals surface area contributed by atoms with Gasteiger partial charge in [-0.3, -0.25) is 0 Å². The molecule has 96 valence electrons. The Morgan fingerprint density at radius 2 is 2.28 bits per heavy atom. The second-order valence-electron chi connectivity index (χ2n) is 3.78. The molecule has 18 heavy (non-hydrogen) atoms. The van der Waals surface area contributed by atoms with E-state index < -0.39 is 5.97 Å². The number of ether oxygens (including phenoxy) is 1. The number of nitrogen functional groups attached to an aromatic ring is 1. The van der Waals surface area contributed by atoms with Crippen LogP contribution in [0.3, 0.4) is 0 Å². The molecule has 0 saturated carbocycles. The lowest BCUT2D eigenvalue weighted by Crippen LogP contribution is -2.10. The minimum Gasteiger partial charge on any atom is -0.464 e. The maximum atomic E-state index is 11.6. The largest absolute Gasteiger partial charge is 0.464 e. The van der Waals surface area contributed by atoms with Crippen molar-refractivity contribution in [1.29, 1.82) is 0 Å². The summed E-state index contributed by atoms with van der Waals surface area (Å²) in [5, 5.41) is 3.90. The van der Waals surface area contributed by atoms with Crippen molar-refractivity contribution in [2.75, 3.05) is 25.2 Å². The van der Waals surface area contributed by atoms with Crippen molar-refractivity contribution in [3.05, 3.63) is 16.4 Å². The molecule has 0 aliphatic rings. The number of anilines is 2. The summed E-state index contributed by atoms with van der Waals surface area (Å²) in [7, 11) is 4.96. The molecule has 6 nitrogen and oxygen atoms in total. The number of aromatic nitrogens is 2. The van der Waals surface area contributed by atoms with Gasteiger partial charge in [-0.05, 0) is 15.9 Å². The average molecular weight is 313 g/mol. The van der Waals surface area contributed by atoms with Crippen molar-refractivity contribution in [1.82, 2.24) is 9.55 Å². The lowest BCUT2D eigenvalue weighted by Gasteiger charge is -2.08. The number of pyridine rings is 1. The maximum Gasteiger partial charge on any atom is 0.358 e. The van der Waals surface area contributed by atoms with Crippen LogP contribution in [0.2, 0.25) is 0 Å². The van der Waals surface area contributed by atoms with Crippen LogP contribution in [0, 0.1) is 0 Å². The number of nitrogens with zero attached hydrogens (tertiary/aromatic N) is 2. The summed E-state index contributed by atoms with van der Waals surface area (Å²) < 4.78 is 7.12. The van der Waals surface area contributed by atoms with Gasteiger partial charge in [-0.15, -0.1) is 0 Å². The van der Waals surface area contributed by atoms with Crippen molar-refractivity contribution in [2.24, 2.45) is 7.05 Å². The molecule has 0 bridgehead atoms. The number of hydrogen-bond acceptors (Lipinski definition) is 5. The fourth-order valence-corrected chi connectivity index (χ4v) is 2.39. The predicted octanol–water partition coefficient (Wildman–Crippen LogP) is 1.75. The number of methoxy groups -OCH3 is 1. The lowest BCUT2D eigenvalue weighted by molar-refractivity contribution is 0.0595. The molecule has 0 fully saturated rings. The molecule has 3 N–H and O–H groups in total. The molecule has 2 heterocycles. The summed E-state index contributed by atoms with van der Waals surface area (Å²) in [6.07, 6.45) is 1.88. The minimum atomic E-state index is -0.553. The molecular formula is C11H13BrN4O2. The summed E-state index contributed by atoms with van der Waals surface area (Å²) in [5.41, 5.74) is 7.84. The van der Waals surface area contributed by atoms with E-state index in [9.17, 15) is 4.79 Å². The zero-order chi connectivity index (χ0) is 13.4. The standard InChI is InChI=1S/C11H13BrN4O2/c1-14-5-4-16(2)10-6(5)7(12)8(13)9(15-10)11(17)18-3/h4,14H,13H2,1-3H3. The third-order valence-corrected chi connectivity index (χ3v) is 3.55. The van der Waals surface area contributed by atoms with Crippen LogP contribution in [-0.4, -0.2) is 29.7 Å². The summed E-state index contributed by atoms with van der Waals surface area (Å²) in [6, 6.07) is 0. The van der Waals surface area contributed by atoms with E-state index in [-0.39, 0.29) is 11.4 Å². The van der Waals surface area contributed by atoms with Crippen LogP contribution in [0.1, 0.15) is 10.5 Å². The maximum absolute atomic E-state index is 11.6. The summed E-state index contributed by atoms with van der Waals surface area (Å²) in [6.45, 7) is 0. The number of nitrogens with two attached hydrogens (primary N) is 1. The van der Waals surface area contributed by atoms with Crippen molar-refractivity contribution in [2.45, 2.75) is 0 Å². The van der Waals surface area contributed by atoms with Gasteiger partial charge in [0.25, 0.3) is 0 Å². The molecule has 0 atom stereocenters. The average Bonchev–Trinajstić information content (AvgIpc) is 2.69. The molecule has 0 aliphatic heterocycles. The Balaban J connectivity index is 2.85. The summed E-state index contributed by atoms with van der Waals surface area (Å²) >= 11 is 3.41. The zero-order valence-electron chi connectivity index (χ0n) is 10.2. The first-order valence-electron chi connectivity index (χ1n) is 5.21. The predicted molar refractivity (Wildman–Crippen MR) is 73.7 cm³/mol. The Hall–Kier alpha value is -1.76. The van der Waals surface area contributed by atoms with Gasteiger partial charge in [0.15, 0.2) is 5.69 Å². The topological polar surface area (TPSA) is 82.2 Å². The van der Waals surface area contributed by atoms with Gasteiger partial charge in [0.2, 0.25) is 0 Å². The van der Waals surface area contributed by atoms with Crippen molar-refractivity contribution < 1.29 is 9.53 Å². The first-order valence-corrected chi connectivity index (χ1v) is 6.00. The Morgan fingerprint density at radius 3 is 2.83 bits per heavy atom. The molecule has 0 saturated heterocycles. The number of nitrogens with one attached hydrogen (secondary N) is 1. The van der Waals surface area contributed by atoms with Gasteiger partial charge in [0.1, 0.15) is 5.65 Å². The highest BCUT2D eigenvalue weighted by Gasteiger charge is 2.21. The minimum absolute atomic E-state index is 0.112. The first-order chi connectivity index (χ1) is 8.51. The van der Waals surface area contributed by atoms with Gasteiger partial charge in [-0.2, -0.15) is 0 Å². The fraction of sp³-hybridized carbons (Fsp3) is 0.273. The number of hydrogen-bond donors (Lipinski definition) is 2. The third-order valence-electron chi connectivity index (χ3n) is 2.73. The number of carbonyl (C=O) groups excluding carboxylic acids is 1. The fourth-order valence-electron chi connectivity index (χ4n) is 1.81. The second-order valence-corrected chi connectivity index (χ2v) is 4.57. The summed E-state index contributed by atoms with van der Waals surface area (Å²) in [5.74, 6) is -0.553. The van der Waals surface area contributed by atoms with Crippen molar-refractivity contribution in [3.8, 4) is 0 Å². The van der Waals surface area contributed by atoms with E-state index in [4.69, 9.17) is 5.73 Å². The van der Waals surface area contributed by atoms with Crippen molar-refractivity contribution >= 4 is 44.3 Å². The summed E-state index contributed by atoms with van der Waals surface area (Å²) in [4.78, 5) is 15.9. The van der Waals surface area contributed by atoms with Crippen LogP contribution >= 0.6 is 15.9 Å². The highest BCUT2D eigenvalue weighted by molar-refractivity contribution is 9.10. The van der Waals surface area contributed by atoms with E-state index in [1.165, 1.54) is 7.11 Å². The highest BCUT2D eigenvalue weighted by Crippen LogP contribution is 2.36. The second kappa shape index (κ2) is 4.49. The van der Waals surface area contributed by atoms with Gasteiger partial charge in [0, 0.05) is 20.3 Å². The van der Waals surface area contributed by atoms with Crippen LogP contribution in [0.4, 0.5) is 11.4 Å². The molecule has 7 heteroatoms. The lowest BCUT2D eigenvalue weighted by atomic mass is 10.2. The van der Waals surface area contributed by atoms with E-state index in [0.717, 1.165) is 11.1 Å². The van der Waals surface area contributed by atoms with Gasteiger partial charge >= 0.3 is 5.97 Å². The Morgan fingerprint density at radius 1 is 1.61 bits per heavy atom. The number of rotatable bonds is 2. The highest BCUT2D eigenvalue weighted by atomic mass is 79.9. The van der Waals surface area contributed by atoms with E-state index in [1.807, 2.05) is 24.9 Å². The number of esters is 1. The van der Waals surface area contributed by atoms with E-state index in [1.54, 1.807) is 0 Å². The monoisotopic (exact) mass is 312 g/mol. The Kier molecular flexibility index (Phi) is 3.16.